The molecule has 1 amide bonds. The Kier molecular flexibility index (Phi) is 4.37. The fraction of sp³-hybridized carbons (Fsp3) is 0.571. The first-order valence-electron chi connectivity index (χ1n) is 6.69. The van der Waals surface area contributed by atoms with Gasteiger partial charge in [0.1, 0.15) is 5.75 Å². The fourth-order valence-electron chi connectivity index (χ4n) is 2.53. The number of carbonyl (C=O) groups excluding carboxylic acids is 1. The number of likely N-dealkylation sites (tertiary alicyclic amines) is 1. The highest BCUT2D eigenvalue weighted by molar-refractivity contribution is 5.81. The Morgan fingerprint density at radius 3 is 3.05 bits per heavy atom. The Hall–Kier alpha value is -1.62. The molecule has 1 aromatic heterocycles. The van der Waals surface area contributed by atoms with Gasteiger partial charge >= 0.3 is 0 Å². The van der Waals surface area contributed by atoms with Crippen molar-refractivity contribution in [1.29, 1.82) is 0 Å². The maximum atomic E-state index is 12.4. The van der Waals surface area contributed by atoms with Gasteiger partial charge in [0.2, 0.25) is 0 Å². The molecule has 104 valence electrons. The molecule has 1 aliphatic rings. The van der Waals surface area contributed by atoms with Crippen LogP contribution in [0.15, 0.2) is 24.5 Å². The van der Waals surface area contributed by atoms with E-state index in [0.29, 0.717) is 18.2 Å². The number of rotatable bonds is 4. The molecule has 0 saturated carbocycles. The summed E-state index contributed by atoms with van der Waals surface area (Å²) in [6.07, 6.45) is 3.76. The van der Waals surface area contributed by atoms with Gasteiger partial charge < -0.3 is 15.4 Å². The maximum absolute atomic E-state index is 12.4. The molecule has 5 nitrogen and oxygen atoms in total. The predicted molar refractivity (Wildman–Crippen MR) is 72.7 cm³/mol. The van der Waals surface area contributed by atoms with Gasteiger partial charge in [-0.1, -0.05) is 0 Å². The molecular weight excluding hydrogens is 242 g/mol. The zero-order valence-corrected chi connectivity index (χ0v) is 11.5. The number of nitrogens with two attached hydrogens (primary N) is 1. The lowest BCUT2D eigenvalue weighted by molar-refractivity contribution is -0.138. The molecule has 0 bridgehead atoms. The quantitative estimate of drug-likeness (QED) is 0.881. The molecule has 5 heteroatoms. The van der Waals surface area contributed by atoms with Crippen LogP contribution in [-0.4, -0.2) is 41.0 Å². The van der Waals surface area contributed by atoms with Crippen molar-refractivity contribution in [3.63, 3.8) is 0 Å². The molecule has 0 radical (unpaired) electrons. The monoisotopic (exact) mass is 263 g/mol. The van der Waals surface area contributed by atoms with E-state index in [0.717, 1.165) is 13.0 Å². The van der Waals surface area contributed by atoms with E-state index in [1.165, 1.54) is 0 Å². The molecular formula is C14H21N3O2. The van der Waals surface area contributed by atoms with E-state index in [1.54, 1.807) is 31.5 Å². The van der Waals surface area contributed by atoms with E-state index in [1.807, 2.05) is 4.90 Å². The Morgan fingerprint density at radius 2 is 2.47 bits per heavy atom. The lowest BCUT2D eigenvalue weighted by atomic mass is 10.1. The van der Waals surface area contributed by atoms with Crippen LogP contribution < -0.4 is 10.5 Å². The van der Waals surface area contributed by atoms with E-state index < -0.39 is 6.10 Å². The Labute approximate surface area is 113 Å². The van der Waals surface area contributed by atoms with E-state index in [9.17, 15) is 4.79 Å². The first-order chi connectivity index (χ1) is 9.11. The Bertz CT molecular complexity index is 424. The van der Waals surface area contributed by atoms with Gasteiger partial charge in [0.05, 0.1) is 6.20 Å². The molecule has 2 N–H and O–H groups in total. The second kappa shape index (κ2) is 6.02. The van der Waals surface area contributed by atoms with Crippen LogP contribution in [0.4, 0.5) is 0 Å². The minimum absolute atomic E-state index is 0.0207. The zero-order valence-electron chi connectivity index (χ0n) is 11.5. The van der Waals surface area contributed by atoms with Crippen molar-refractivity contribution in [3.8, 4) is 5.75 Å². The predicted octanol–water partition coefficient (Wildman–Crippen LogP) is 1.04. The van der Waals surface area contributed by atoms with Gasteiger partial charge in [-0.05, 0) is 44.9 Å². The lowest BCUT2D eigenvalue weighted by Gasteiger charge is -2.25. The second-order valence-electron chi connectivity index (χ2n) is 5.13. The van der Waals surface area contributed by atoms with E-state index in [4.69, 9.17) is 10.5 Å². The maximum Gasteiger partial charge on any atom is 0.263 e. The van der Waals surface area contributed by atoms with Crippen molar-refractivity contribution < 1.29 is 9.53 Å². The molecule has 1 aliphatic heterocycles. The normalized spacial score (nSPS) is 24.3. The molecule has 3 atom stereocenters. The molecule has 1 saturated heterocycles. The van der Waals surface area contributed by atoms with E-state index in [-0.39, 0.29) is 11.9 Å². The summed E-state index contributed by atoms with van der Waals surface area (Å²) >= 11 is 0. The van der Waals surface area contributed by atoms with Crippen molar-refractivity contribution in [2.24, 2.45) is 11.7 Å². The third-order valence-corrected chi connectivity index (χ3v) is 3.57. The summed E-state index contributed by atoms with van der Waals surface area (Å²) < 4.78 is 5.62. The van der Waals surface area contributed by atoms with Crippen LogP contribution in [0.5, 0.6) is 5.75 Å². The number of nitrogens with zero attached hydrogens (tertiary/aromatic N) is 2. The highest BCUT2D eigenvalue weighted by Crippen LogP contribution is 2.23. The Morgan fingerprint density at radius 1 is 1.68 bits per heavy atom. The number of hydrogen-bond donors (Lipinski definition) is 1. The van der Waals surface area contributed by atoms with Gasteiger partial charge in [-0.2, -0.15) is 0 Å². The van der Waals surface area contributed by atoms with Crippen LogP contribution in [0, 0.1) is 5.92 Å². The molecule has 2 rings (SSSR count). The number of ether oxygens (including phenoxy) is 1. The van der Waals surface area contributed by atoms with Crippen LogP contribution in [0.2, 0.25) is 0 Å². The number of hydrogen-bond acceptors (Lipinski definition) is 4. The average molecular weight is 263 g/mol. The van der Waals surface area contributed by atoms with E-state index >= 15 is 0 Å². The smallest absolute Gasteiger partial charge is 0.263 e. The molecule has 0 aliphatic carbocycles. The minimum atomic E-state index is -0.497. The number of amides is 1. The van der Waals surface area contributed by atoms with Crippen LogP contribution in [0.3, 0.4) is 0 Å². The standard InChI is InChI=1S/C14H21N3O2/c1-10-6-12(7-15)9-17(10)14(18)11(2)19-13-4-3-5-16-8-13/h3-5,8,10-12H,6-7,9,15H2,1-2H3. The fourth-order valence-corrected chi connectivity index (χ4v) is 2.53. The average Bonchev–Trinajstić information content (AvgIpc) is 2.80. The van der Waals surface area contributed by atoms with Crippen LogP contribution in [0.25, 0.3) is 0 Å². The summed E-state index contributed by atoms with van der Waals surface area (Å²) in [6, 6.07) is 3.82. The molecule has 3 unspecified atom stereocenters. The summed E-state index contributed by atoms with van der Waals surface area (Å²) in [6.45, 7) is 5.20. The van der Waals surface area contributed by atoms with Crippen LogP contribution in [-0.2, 0) is 4.79 Å². The van der Waals surface area contributed by atoms with Crippen molar-refractivity contribution in [2.45, 2.75) is 32.4 Å². The summed E-state index contributed by atoms with van der Waals surface area (Å²) in [5.41, 5.74) is 5.68. The van der Waals surface area contributed by atoms with Gasteiger partial charge in [-0.25, -0.2) is 0 Å². The third-order valence-electron chi connectivity index (χ3n) is 3.57. The van der Waals surface area contributed by atoms with Crippen molar-refractivity contribution in [3.05, 3.63) is 24.5 Å². The number of pyridine rings is 1. The summed E-state index contributed by atoms with van der Waals surface area (Å²) in [7, 11) is 0. The minimum Gasteiger partial charge on any atom is -0.479 e. The molecule has 0 spiro atoms. The second-order valence-corrected chi connectivity index (χ2v) is 5.13. The van der Waals surface area contributed by atoms with Gasteiger partial charge in [-0.15, -0.1) is 0 Å². The molecule has 19 heavy (non-hydrogen) atoms. The Balaban J connectivity index is 1.96. The van der Waals surface area contributed by atoms with Crippen molar-refractivity contribution >= 4 is 5.91 Å². The van der Waals surface area contributed by atoms with E-state index in [2.05, 4.69) is 11.9 Å². The van der Waals surface area contributed by atoms with Crippen LogP contribution in [0.1, 0.15) is 20.3 Å². The molecule has 2 heterocycles. The van der Waals surface area contributed by atoms with Crippen molar-refractivity contribution in [1.82, 2.24) is 9.88 Å². The van der Waals surface area contributed by atoms with Crippen molar-refractivity contribution in [2.75, 3.05) is 13.1 Å². The first kappa shape index (κ1) is 13.8. The first-order valence-corrected chi connectivity index (χ1v) is 6.69. The molecule has 0 aromatic carbocycles. The topological polar surface area (TPSA) is 68.5 Å². The number of carbonyl (C=O) groups is 1. The zero-order chi connectivity index (χ0) is 13.8. The summed E-state index contributed by atoms with van der Waals surface area (Å²) in [5.74, 6) is 1.04. The summed E-state index contributed by atoms with van der Waals surface area (Å²) in [4.78, 5) is 18.2. The molecule has 1 aromatic rings. The van der Waals surface area contributed by atoms with Gasteiger partial charge in [0, 0.05) is 18.8 Å². The third kappa shape index (κ3) is 3.23. The highest BCUT2D eigenvalue weighted by atomic mass is 16.5. The summed E-state index contributed by atoms with van der Waals surface area (Å²) in [5, 5.41) is 0. The highest BCUT2D eigenvalue weighted by Gasteiger charge is 2.34. The molecule has 1 fully saturated rings. The van der Waals surface area contributed by atoms with Crippen LogP contribution >= 0.6 is 0 Å². The lowest BCUT2D eigenvalue weighted by Crippen LogP contribution is -2.42. The largest absolute Gasteiger partial charge is 0.479 e. The van der Waals surface area contributed by atoms with Gasteiger partial charge in [0.15, 0.2) is 6.10 Å². The SMILES string of the molecule is CC(Oc1cccnc1)C(=O)N1CC(CN)CC1C. The van der Waals surface area contributed by atoms with Gasteiger partial charge in [0.25, 0.3) is 5.91 Å². The number of aromatic nitrogens is 1. The van der Waals surface area contributed by atoms with Gasteiger partial charge in [-0.3, -0.25) is 9.78 Å².